The summed E-state index contributed by atoms with van der Waals surface area (Å²) in [4.78, 5) is 38.2. The second-order valence-corrected chi connectivity index (χ2v) is 9.18. The average Bonchev–Trinajstić information content (AvgIpc) is 3.54. The number of nitrogens with one attached hydrogen (secondary N) is 1. The third kappa shape index (κ3) is 3.74. The number of rotatable bonds is 4. The number of nitrogens with two attached hydrogens (primary N) is 1. The van der Waals surface area contributed by atoms with Gasteiger partial charge in [0.2, 0.25) is 5.91 Å². The van der Waals surface area contributed by atoms with E-state index >= 15 is 0 Å². The molecule has 0 bridgehead atoms. The first kappa shape index (κ1) is 21.1. The fourth-order valence-corrected chi connectivity index (χ4v) is 4.70. The molecule has 1 aliphatic heterocycles. The second kappa shape index (κ2) is 7.83. The fraction of sp³-hybridized carbons (Fsp3) is 0.292. The summed E-state index contributed by atoms with van der Waals surface area (Å²) in [6, 6.07) is 5.47. The molecule has 0 spiro atoms. The summed E-state index contributed by atoms with van der Waals surface area (Å²) in [6.45, 7) is 0.853. The van der Waals surface area contributed by atoms with Crippen molar-refractivity contribution in [1.29, 1.82) is 0 Å². The molecule has 4 aromatic rings. The highest BCUT2D eigenvalue weighted by molar-refractivity contribution is 5.99. The fourth-order valence-electron chi connectivity index (χ4n) is 4.70. The van der Waals surface area contributed by atoms with Crippen LogP contribution >= 0.6 is 0 Å². The number of hydrazone groups is 1. The first-order valence-electron chi connectivity index (χ1n) is 11.3. The zero-order chi connectivity index (χ0) is 24.3. The zero-order valence-corrected chi connectivity index (χ0v) is 19.2. The molecule has 6 rings (SSSR count). The molecule has 0 aromatic carbocycles. The van der Waals surface area contributed by atoms with Crippen LogP contribution in [0.1, 0.15) is 6.42 Å². The van der Waals surface area contributed by atoms with Crippen LogP contribution in [-0.4, -0.2) is 55.5 Å². The Labute approximate surface area is 199 Å². The van der Waals surface area contributed by atoms with Crippen molar-refractivity contribution in [3.05, 3.63) is 47.1 Å². The van der Waals surface area contributed by atoms with Gasteiger partial charge in [-0.25, -0.2) is 19.6 Å². The Morgan fingerprint density at radius 1 is 1.11 bits per heavy atom. The highest BCUT2D eigenvalue weighted by atomic mass is 16.2. The molecule has 1 saturated carbocycles. The van der Waals surface area contributed by atoms with Gasteiger partial charge in [0.05, 0.1) is 11.9 Å². The maximum Gasteiger partial charge on any atom is 0.292 e. The molecule has 11 nitrogen and oxygen atoms in total. The van der Waals surface area contributed by atoms with E-state index in [0.717, 1.165) is 18.4 Å². The molecule has 0 radical (unpaired) electrons. The van der Waals surface area contributed by atoms with Gasteiger partial charge in [0.15, 0.2) is 0 Å². The lowest BCUT2D eigenvalue weighted by molar-refractivity contribution is -0.117. The number of carbonyl (C=O) groups is 1. The molecule has 5 heterocycles. The van der Waals surface area contributed by atoms with Gasteiger partial charge in [-0.3, -0.25) is 14.6 Å². The molecular weight excluding hydrogens is 446 g/mol. The van der Waals surface area contributed by atoms with Crippen molar-refractivity contribution in [1.82, 2.24) is 29.7 Å². The summed E-state index contributed by atoms with van der Waals surface area (Å²) >= 11 is 0. The number of fused-ring (bicyclic) bond motifs is 2. The molecule has 2 aliphatic rings. The third-order valence-corrected chi connectivity index (χ3v) is 6.73. The normalized spacial score (nSPS) is 21.1. The average molecular weight is 470 g/mol. The van der Waals surface area contributed by atoms with Crippen LogP contribution in [-0.2, 0) is 11.8 Å². The number of aromatic nitrogens is 5. The van der Waals surface area contributed by atoms with E-state index < -0.39 is 0 Å². The second-order valence-electron chi connectivity index (χ2n) is 9.18. The van der Waals surface area contributed by atoms with E-state index in [9.17, 15) is 9.59 Å². The van der Waals surface area contributed by atoms with E-state index in [4.69, 9.17) is 5.73 Å². The maximum absolute atomic E-state index is 12.8. The number of nitrogens with zero attached hydrogens (tertiary/aromatic N) is 7. The van der Waals surface area contributed by atoms with Gasteiger partial charge in [0.25, 0.3) is 5.56 Å². The van der Waals surface area contributed by atoms with Crippen molar-refractivity contribution in [2.24, 2.45) is 29.9 Å². The Morgan fingerprint density at radius 2 is 1.97 bits per heavy atom. The van der Waals surface area contributed by atoms with E-state index in [1.807, 2.05) is 30.4 Å². The van der Waals surface area contributed by atoms with Gasteiger partial charge in [0.1, 0.15) is 17.2 Å². The quantitative estimate of drug-likeness (QED) is 0.459. The van der Waals surface area contributed by atoms with Gasteiger partial charge < -0.3 is 11.1 Å². The first-order valence-corrected chi connectivity index (χ1v) is 11.3. The van der Waals surface area contributed by atoms with E-state index in [1.54, 1.807) is 31.7 Å². The Kier molecular flexibility index (Phi) is 4.73. The van der Waals surface area contributed by atoms with Crippen molar-refractivity contribution in [3.8, 4) is 11.3 Å². The van der Waals surface area contributed by atoms with Gasteiger partial charge in [-0.1, -0.05) is 0 Å². The molecule has 35 heavy (non-hydrogen) atoms. The van der Waals surface area contributed by atoms with E-state index in [0.29, 0.717) is 51.0 Å². The van der Waals surface area contributed by atoms with Crippen LogP contribution in [0, 0.1) is 17.8 Å². The van der Waals surface area contributed by atoms with Gasteiger partial charge in [-0.05, 0) is 35.9 Å². The SMILES string of the molecule is CN1CC([C@H]2C[C@@H]2C(=O)Nc2cc3cc(-c4cnc5c(=O)n(C)ncc5c4)nc(N)c3cn2)C=N1. The highest BCUT2D eigenvalue weighted by Crippen LogP contribution is 2.45. The topological polar surface area (TPSA) is 144 Å². The van der Waals surface area contributed by atoms with Crippen molar-refractivity contribution in [2.45, 2.75) is 6.42 Å². The highest BCUT2D eigenvalue weighted by Gasteiger charge is 2.48. The van der Waals surface area contributed by atoms with E-state index in [-0.39, 0.29) is 17.4 Å². The van der Waals surface area contributed by atoms with Crippen molar-refractivity contribution >= 4 is 45.4 Å². The summed E-state index contributed by atoms with van der Waals surface area (Å²) < 4.78 is 1.24. The summed E-state index contributed by atoms with van der Waals surface area (Å²) in [7, 11) is 3.52. The standard InChI is InChI=1S/C24H23N9O2/c1-32-11-15(9-28-32)16-6-17(16)23(34)31-20-5-12-4-19(30-22(25)18(12)10-26-20)13-3-14-8-29-33(2)24(35)21(14)27-7-13/h3-5,7-10,15-17H,6,11H2,1-2H3,(H2,25,30)(H,26,31,34)/t15?,16-,17+/m1/s1. The van der Waals surface area contributed by atoms with Gasteiger partial charge in [0, 0.05) is 67.4 Å². The number of hydrogen-bond donors (Lipinski definition) is 2. The lowest BCUT2D eigenvalue weighted by Crippen LogP contribution is -2.20. The Bertz CT molecular complexity index is 1600. The summed E-state index contributed by atoms with van der Waals surface area (Å²) in [5, 5.41) is 15.3. The Balaban J connectivity index is 1.27. The molecule has 11 heteroatoms. The molecule has 1 aliphatic carbocycles. The molecular formula is C24H23N9O2. The number of anilines is 2. The summed E-state index contributed by atoms with van der Waals surface area (Å²) in [6.07, 6.45) is 7.61. The van der Waals surface area contributed by atoms with Crippen LogP contribution in [0.25, 0.3) is 32.9 Å². The van der Waals surface area contributed by atoms with Crippen LogP contribution in [0.15, 0.2) is 46.7 Å². The number of carbonyl (C=O) groups excluding carboxylic acids is 1. The van der Waals surface area contributed by atoms with Crippen molar-refractivity contribution < 1.29 is 4.79 Å². The van der Waals surface area contributed by atoms with Crippen molar-refractivity contribution in [3.63, 3.8) is 0 Å². The Morgan fingerprint density at radius 3 is 2.77 bits per heavy atom. The predicted octanol–water partition coefficient (Wildman–Crippen LogP) is 1.64. The number of hydrogen-bond acceptors (Lipinski definition) is 9. The van der Waals surface area contributed by atoms with Gasteiger partial charge in [-0.15, -0.1) is 0 Å². The molecule has 176 valence electrons. The van der Waals surface area contributed by atoms with E-state index in [1.165, 1.54) is 4.68 Å². The number of amides is 1. The van der Waals surface area contributed by atoms with Crippen LogP contribution in [0.5, 0.6) is 0 Å². The number of aryl methyl sites for hydroxylation is 1. The lowest BCUT2D eigenvalue weighted by atomic mass is 10.0. The lowest BCUT2D eigenvalue weighted by Gasteiger charge is -2.11. The first-order chi connectivity index (χ1) is 16.9. The van der Waals surface area contributed by atoms with Crippen LogP contribution in [0.3, 0.4) is 0 Å². The molecule has 3 atom stereocenters. The summed E-state index contributed by atoms with van der Waals surface area (Å²) in [5.74, 6) is 1.36. The van der Waals surface area contributed by atoms with Crippen LogP contribution in [0.2, 0.25) is 0 Å². The molecule has 1 unspecified atom stereocenters. The molecule has 3 N–H and O–H groups in total. The number of pyridine rings is 3. The Hall–Kier alpha value is -4.41. The molecule has 0 saturated heterocycles. The minimum atomic E-state index is -0.267. The largest absolute Gasteiger partial charge is 0.383 e. The molecule has 1 fully saturated rings. The monoisotopic (exact) mass is 469 g/mol. The minimum Gasteiger partial charge on any atom is -0.383 e. The maximum atomic E-state index is 12.8. The smallest absolute Gasteiger partial charge is 0.292 e. The predicted molar refractivity (Wildman–Crippen MR) is 133 cm³/mol. The number of nitrogen functional groups attached to an aromatic ring is 1. The van der Waals surface area contributed by atoms with Gasteiger partial charge >= 0.3 is 0 Å². The minimum absolute atomic E-state index is 0.0279. The van der Waals surface area contributed by atoms with Crippen LogP contribution < -0.4 is 16.6 Å². The zero-order valence-electron chi connectivity index (χ0n) is 19.2. The van der Waals surface area contributed by atoms with Crippen molar-refractivity contribution in [2.75, 3.05) is 24.6 Å². The molecule has 1 amide bonds. The van der Waals surface area contributed by atoms with E-state index in [2.05, 4.69) is 30.5 Å². The summed E-state index contributed by atoms with van der Waals surface area (Å²) in [5.41, 5.74) is 7.59. The van der Waals surface area contributed by atoms with Gasteiger partial charge in [-0.2, -0.15) is 10.2 Å². The van der Waals surface area contributed by atoms with Crippen LogP contribution in [0.4, 0.5) is 11.6 Å². The molecule has 4 aromatic heterocycles. The third-order valence-electron chi connectivity index (χ3n) is 6.73.